The van der Waals surface area contributed by atoms with Crippen molar-refractivity contribution in [2.75, 3.05) is 0 Å². The molecule has 0 atom stereocenters. The molecule has 0 aliphatic carbocycles. The van der Waals surface area contributed by atoms with Gasteiger partial charge in [-0.05, 0) is 32.0 Å². The number of aromatic nitrogens is 4. The fraction of sp³-hybridized carbons (Fsp3) is 0.167. The monoisotopic (exact) mass is 444 g/mol. The number of carbonyl (C=O) groups is 1. The molecule has 0 saturated carbocycles. The number of hydrazine groups is 1. The highest BCUT2D eigenvalue weighted by Gasteiger charge is 2.23. The van der Waals surface area contributed by atoms with Gasteiger partial charge in [0.25, 0.3) is 21.5 Å². The summed E-state index contributed by atoms with van der Waals surface area (Å²) >= 11 is 0.889. The first kappa shape index (κ1) is 20.1. The van der Waals surface area contributed by atoms with Crippen molar-refractivity contribution in [3.05, 3.63) is 58.5 Å². The molecule has 10 nitrogen and oxygen atoms in total. The molecule has 12 heteroatoms. The fourth-order valence-electron chi connectivity index (χ4n) is 2.95. The normalized spacial score (nSPS) is 12.0. The molecule has 0 unspecified atom stereocenters. The number of benzene rings is 2. The van der Waals surface area contributed by atoms with Crippen molar-refractivity contribution in [3.63, 3.8) is 0 Å². The minimum Gasteiger partial charge on any atom is -0.272 e. The van der Waals surface area contributed by atoms with E-state index < -0.39 is 15.9 Å². The summed E-state index contributed by atoms with van der Waals surface area (Å²) in [6.45, 7) is 3.52. The van der Waals surface area contributed by atoms with E-state index in [4.69, 9.17) is 0 Å². The lowest BCUT2D eigenvalue weighted by Crippen LogP contribution is -2.42. The van der Waals surface area contributed by atoms with Crippen molar-refractivity contribution >= 4 is 49.5 Å². The standard InChI is InChI=1S/C18H16N6O4S2/c1-10(2)24-18(26)12-7-4-3-6-11(12)15(20-24)17(25)19-23-30(27,28)14-9-5-8-13-16(14)22-29-21-13/h3-10,23H,1-2H3,(H,19,25). The van der Waals surface area contributed by atoms with E-state index in [1.165, 1.54) is 16.8 Å². The Labute approximate surface area is 174 Å². The Morgan fingerprint density at radius 2 is 1.80 bits per heavy atom. The quantitative estimate of drug-likeness (QED) is 0.446. The Bertz CT molecular complexity index is 1440. The van der Waals surface area contributed by atoms with Gasteiger partial charge in [0.2, 0.25) is 0 Å². The maximum absolute atomic E-state index is 12.8. The van der Waals surface area contributed by atoms with Crippen LogP contribution in [0.5, 0.6) is 0 Å². The van der Waals surface area contributed by atoms with Gasteiger partial charge in [-0.25, -0.2) is 13.1 Å². The average molecular weight is 444 g/mol. The summed E-state index contributed by atoms with van der Waals surface area (Å²) in [5.41, 5.74) is 2.41. The summed E-state index contributed by atoms with van der Waals surface area (Å²) in [7, 11) is -4.12. The van der Waals surface area contributed by atoms with Gasteiger partial charge < -0.3 is 0 Å². The van der Waals surface area contributed by atoms with Crippen molar-refractivity contribution in [1.82, 2.24) is 28.8 Å². The van der Waals surface area contributed by atoms with Crippen molar-refractivity contribution in [2.24, 2.45) is 0 Å². The number of sulfonamides is 1. The first-order valence-corrected chi connectivity index (χ1v) is 11.1. The molecule has 2 aromatic heterocycles. The molecule has 30 heavy (non-hydrogen) atoms. The van der Waals surface area contributed by atoms with Crippen LogP contribution >= 0.6 is 11.7 Å². The Morgan fingerprint density at radius 1 is 1.07 bits per heavy atom. The molecule has 0 radical (unpaired) electrons. The van der Waals surface area contributed by atoms with Gasteiger partial charge in [0.15, 0.2) is 5.69 Å². The molecular formula is C18H16N6O4S2. The Kier molecular flexibility index (Phi) is 5.05. The van der Waals surface area contributed by atoms with Crippen LogP contribution in [0.15, 0.2) is 52.2 Å². The fourth-order valence-corrected chi connectivity index (χ4v) is 4.56. The summed E-state index contributed by atoms with van der Waals surface area (Å²) in [6.07, 6.45) is 0. The van der Waals surface area contributed by atoms with Gasteiger partial charge in [0, 0.05) is 5.39 Å². The number of amides is 1. The zero-order valence-corrected chi connectivity index (χ0v) is 17.5. The van der Waals surface area contributed by atoms with E-state index in [0.29, 0.717) is 16.3 Å². The summed E-state index contributed by atoms with van der Waals surface area (Å²) in [5.74, 6) is -0.798. The van der Waals surface area contributed by atoms with E-state index >= 15 is 0 Å². The Hall–Kier alpha value is -3.22. The zero-order chi connectivity index (χ0) is 21.5. The smallest absolute Gasteiger partial charge is 0.272 e. The van der Waals surface area contributed by atoms with Crippen molar-refractivity contribution in [2.45, 2.75) is 24.8 Å². The first-order chi connectivity index (χ1) is 14.3. The van der Waals surface area contributed by atoms with Gasteiger partial charge >= 0.3 is 0 Å². The molecule has 4 aromatic rings. The predicted molar refractivity (Wildman–Crippen MR) is 112 cm³/mol. The highest BCUT2D eigenvalue weighted by atomic mass is 32.2. The maximum atomic E-state index is 12.8. The van der Waals surface area contributed by atoms with Crippen molar-refractivity contribution in [1.29, 1.82) is 0 Å². The Morgan fingerprint density at radius 3 is 2.53 bits per heavy atom. The van der Waals surface area contributed by atoms with Crippen molar-refractivity contribution in [3.8, 4) is 0 Å². The molecule has 0 fully saturated rings. The van der Waals surface area contributed by atoms with Gasteiger partial charge in [-0.15, -0.1) is 4.83 Å². The highest BCUT2D eigenvalue weighted by Crippen LogP contribution is 2.20. The second-order valence-electron chi connectivity index (χ2n) is 6.69. The number of hydrogen-bond acceptors (Lipinski definition) is 8. The van der Waals surface area contributed by atoms with Crippen LogP contribution in [-0.2, 0) is 10.0 Å². The van der Waals surface area contributed by atoms with E-state index in [-0.39, 0.29) is 27.7 Å². The lowest BCUT2D eigenvalue weighted by Gasteiger charge is -2.14. The summed E-state index contributed by atoms with van der Waals surface area (Å²) in [6, 6.07) is 10.8. The second kappa shape index (κ2) is 7.55. The van der Waals surface area contributed by atoms with E-state index in [1.807, 2.05) is 0 Å². The molecule has 0 saturated heterocycles. The van der Waals surface area contributed by atoms with E-state index in [9.17, 15) is 18.0 Å². The third-order valence-corrected chi connectivity index (χ3v) is 6.19. The molecule has 2 heterocycles. The van der Waals surface area contributed by atoms with Crippen molar-refractivity contribution < 1.29 is 13.2 Å². The number of fused-ring (bicyclic) bond motifs is 2. The minimum atomic E-state index is -4.12. The molecule has 0 bridgehead atoms. The molecule has 0 spiro atoms. The second-order valence-corrected chi connectivity index (χ2v) is 8.86. The van der Waals surface area contributed by atoms with Crippen LogP contribution in [0, 0.1) is 0 Å². The van der Waals surface area contributed by atoms with Gasteiger partial charge in [0.05, 0.1) is 23.2 Å². The summed E-state index contributed by atoms with van der Waals surface area (Å²) in [5, 5.41) is 4.79. The third-order valence-electron chi connectivity index (χ3n) is 4.37. The number of nitrogens with zero attached hydrogens (tertiary/aromatic N) is 4. The van der Waals surface area contributed by atoms with Crippen LogP contribution in [-0.4, -0.2) is 32.9 Å². The van der Waals surface area contributed by atoms with Crippen LogP contribution in [0.3, 0.4) is 0 Å². The first-order valence-electron chi connectivity index (χ1n) is 8.84. The molecule has 154 valence electrons. The van der Waals surface area contributed by atoms with Gasteiger partial charge in [0.1, 0.15) is 15.9 Å². The van der Waals surface area contributed by atoms with Crippen LogP contribution in [0.2, 0.25) is 0 Å². The van der Waals surface area contributed by atoms with Gasteiger partial charge in [-0.3, -0.25) is 15.0 Å². The van der Waals surface area contributed by atoms with E-state index in [2.05, 4.69) is 24.1 Å². The molecule has 2 aromatic carbocycles. The Balaban J connectivity index is 1.69. The summed E-state index contributed by atoms with van der Waals surface area (Å²) < 4.78 is 34.6. The van der Waals surface area contributed by atoms with Crippen LogP contribution in [0.25, 0.3) is 21.8 Å². The molecule has 2 N–H and O–H groups in total. The van der Waals surface area contributed by atoms with E-state index in [0.717, 1.165) is 11.7 Å². The molecule has 0 aliphatic heterocycles. The van der Waals surface area contributed by atoms with Crippen LogP contribution in [0.1, 0.15) is 30.4 Å². The number of carbonyl (C=O) groups excluding carboxylic acids is 1. The molecule has 4 rings (SSSR count). The summed E-state index contributed by atoms with van der Waals surface area (Å²) in [4.78, 5) is 27.3. The molecular weight excluding hydrogens is 428 g/mol. The largest absolute Gasteiger partial charge is 0.287 e. The zero-order valence-electron chi connectivity index (χ0n) is 15.9. The SMILES string of the molecule is CC(C)n1nc(C(=O)NNS(=O)(=O)c2cccc3nsnc23)c2ccccc2c1=O. The average Bonchev–Trinajstić information content (AvgIpc) is 3.21. The van der Waals surface area contributed by atoms with Crippen LogP contribution in [0.4, 0.5) is 0 Å². The lowest BCUT2D eigenvalue weighted by molar-refractivity contribution is 0.0939. The number of nitrogens with one attached hydrogen (secondary N) is 2. The molecule has 0 aliphatic rings. The van der Waals surface area contributed by atoms with Crippen LogP contribution < -0.4 is 15.8 Å². The van der Waals surface area contributed by atoms with Gasteiger partial charge in [-0.1, -0.05) is 24.3 Å². The number of hydrogen-bond donors (Lipinski definition) is 2. The maximum Gasteiger partial charge on any atom is 0.287 e. The highest BCUT2D eigenvalue weighted by molar-refractivity contribution is 7.89. The topological polar surface area (TPSA) is 136 Å². The lowest BCUT2D eigenvalue weighted by atomic mass is 10.1. The van der Waals surface area contributed by atoms with Gasteiger partial charge in [-0.2, -0.15) is 13.8 Å². The third kappa shape index (κ3) is 3.44. The minimum absolute atomic E-state index is 0.0740. The molecule has 1 amide bonds. The number of rotatable bonds is 5. The van der Waals surface area contributed by atoms with E-state index in [1.54, 1.807) is 44.2 Å². The predicted octanol–water partition coefficient (Wildman–Crippen LogP) is 1.61.